The molecule has 4 aromatic carbocycles. The van der Waals surface area contributed by atoms with Crippen LogP contribution < -0.4 is 20.3 Å². The molecule has 0 radical (unpaired) electrons. The molecule has 1 aliphatic rings. The molecule has 0 saturated heterocycles. The fourth-order valence-corrected chi connectivity index (χ4v) is 4.36. The molecular weight excluding hydrogens is 522 g/mol. The third-order valence-electron chi connectivity index (χ3n) is 5.85. The quantitative estimate of drug-likeness (QED) is 0.235. The van der Waals surface area contributed by atoms with E-state index in [1.165, 1.54) is 6.07 Å². The van der Waals surface area contributed by atoms with Crippen LogP contribution in [0.15, 0.2) is 97.1 Å². The molecule has 4 aromatic rings. The van der Waals surface area contributed by atoms with Crippen LogP contribution in [0, 0.1) is 0 Å². The maximum atomic E-state index is 12.7. The third kappa shape index (κ3) is 5.27. The highest BCUT2D eigenvalue weighted by molar-refractivity contribution is 7.80. The lowest BCUT2D eigenvalue weighted by atomic mass is 10.1. The number of nitrogens with one attached hydrogen (secondary N) is 2. The van der Waals surface area contributed by atoms with E-state index < -0.39 is 17.7 Å². The molecule has 0 unspecified atom stereocenters. The first kappa shape index (κ1) is 25.1. The van der Waals surface area contributed by atoms with Gasteiger partial charge >= 0.3 is 0 Å². The van der Waals surface area contributed by atoms with Crippen molar-refractivity contribution < 1.29 is 19.1 Å². The van der Waals surface area contributed by atoms with E-state index >= 15 is 0 Å². The number of hydrogen-bond acceptors (Lipinski definition) is 5. The van der Waals surface area contributed by atoms with Crippen LogP contribution in [0.2, 0.25) is 5.02 Å². The van der Waals surface area contributed by atoms with Crippen LogP contribution in [0.25, 0.3) is 0 Å². The van der Waals surface area contributed by atoms with Gasteiger partial charge in [-0.05, 0) is 72.4 Å². The van der Waals surface area contributed by atoms with Crippen LogP contribution in [-0.2, 0) is 6.61 Å². The first-order valence-corrected chi connectivity index (χ1v) is 12.4. The first-order valence-electron chi connectivity index (χ1n) is 11.6. The molecule has 0 aromatic heterocycles. The molecule has 0 saturated carbocycles. The Bertz CT molecular complexity index is 1520. The Morgan fingerprint density at radius 3 is 2.11 bits per heavy atom. The van der Waals surface area contributed by atoms with E-state index in [0.717, 1.165) is 16.2 Å². The lowest BCUT2D eigenvalue weighted by molar-refractivity contribution is 0.0923. The highest BCUT2D eigenvalue weighted by Crippen LogP contribution is 2.32. The number of nitrogens with zero attached hydrogens (tertiary/aromatic N) is 1. The average Bonchev–Trinajstić information content (AvgIpc) is 3.19. The number of para-hydroxylation sites is 1. The summed E-state index contributed by atoms with van der Waals surface area (Å²) < 4.78 is 5.72. The van der Waals surface area contributed by atoms with Gasteiger partial charge in [-0.25, -0.2) is 4.90 Å². The van der Waals surface area contributed by atoms with Gasteiger partial charge in [0, 0.05) is 5.56 Å². The Morgan fingerprint density at radius 1 is 0.842 bits per heavy atom. The molecule has 0 fully saturated rings. The van der Waals surface area contributed by atoms with Crippen LogP contribution in [-0.4, -0.2) is 22.8 Å². The van der Waals surface area contributed by atoms with Crippen molar-refractivity contribution >= 4 is 58.0 Å². The SMILES string of the molecule is O=C(NC(=S)Nc1ccc(N2C(=O)c3ccccc3C2=O)cc1Cl)c1ccc(COc2ccccc2)cc1. The molecular formula is C29H20ClN3O4S. The van der Waals surface area contributed by atoms with Gasteiger partial charge in [-0.2, -0.15) is 0 Å². The predicted octanol–water partition coefficient (Wildman–Crippen LogP) is 5.85. The van der Waals surface area contributed by atoms with E-state index in [0.29, 0.717) is 34.7 Å². The Labute approximate surface area is 229 Å². The van der Waals surface area contributed by atoms with Crippen molar-refractivity contribution in [2.24, 2.45) is 0 Å². The molecule has 7 nitrogen and oxygen atoms in total. The van der Waals surface area contributed by atoms with Crippen molar-refractivity contribution in [2.75, 3.05) is 10.2 Å². The molecule has 9 heteroatoms. The number of imide groups is 1. The second-order valence-electron chi connectivity index (χ2n) is 8.36. The first-order chi connectivity index (χ1) is 18.4. The van der Waals surface area contributed by atoms with Crippen LogP contribution in [0.3, 0.4) is 0 Å². The van der Waals surface area contributed by atoms with Crippen LogP contribution in [0.5, 0.6) is 5.75 Å². The van der Waals surface area contributed by atoms with Crippen molar-refractivity contribution in [2.45, 2.75) is 6.61 Å². The predicted molar refractivity (Wildman–Crippen MR) is 150 cm³/mol. The topological polar surface area (TPSA) is 87.7 Å². The monoisotopic (exact) mass is 541 g/mol. The van der Waals surface area contributed by atoms with Crippen molar-refractivity contribution in [3.05, 3.63) is 124 Å². The fourth-order valence-electron chi connectivity index (χ4n) is 3.93. The largest absolute Gasteiger partial charge is 0.489 e. The van der Waals surface area contributed by atoms with Crippen LogP contribution in [0.4, 0.5) is 11.4 Å². The number of carbonyl (C=O) groups excluding carboxylic acids is 3. The molecule has 5 rings (SSSR count). The zero-order chi connectivity index (χ0) is 26.6. The lowest BCUT2D eigenvalue weighted by Gasteiger charge is -2.16. The summed E-state index contributed by atoms with van der Waals surface area (Å²) in [6.07, 6.45) is 0. The van der Waals surface area contributed by atoms with E-state index in [-0.39, 0.29) is 10.1 Å². The van der Waals surface area contributed by atoms with Crippen LogP contribution >= 0.6 is 23.8 Å². The molecule has 1 heterocycles. The van der Waals surface area contributed by atoms with E-state index in [1.807, 2.05) is 42.5 Å². The number of benzene rings is 4. The Hall–Kier alpha value is -4.53. The number of rotatable bonds is 6. The van der Waals surface area contributed by atoms with Gasteiger partial charge in [0.2, 0.25) is 0 Å². The number of thiocarbonyl (C=S) groups is 1. The summed E-state index contributed by atoms with van der Waals surface area (Å²) in [5, 5.41) is 5.76. The summed E-state index contributed by atoms with van der Waals surface area (Å²) in [5.74, 6) is -0.455. The molecule has 188 valence electrons. The number of hydrogen-bond donors (Lipinski definition) is 2. The van der Waals surface area contributed by atoms with Gasteiger partial charge in [0.05, 0.1) is 27.5 Å². The summed E-state index contributed by atoms with van der Waals surface area (Å²) in [7, 11) is 0. The number of halogens is 1. The maximum Gasteiger partial charge on any atom is 0.266 e. The minimum atomic E-state index is -0.414. The van der Waals surface area contributed by atoms with Gasteiger partial charge in [0.15, 0.2) is 5.11 Å². The number of fused-ring (bicyclic) bond motifs is 1. The zero-order valence-electron chi connectivity index (χ0n) is 19.8. The van der Waals surface area contributed by atoms with Gasteiger partial charge < -0.3 is 10.1 Å². The maximum absolute atomic E-state index is 12.7. The zero-order valence-corrected chi connectivity index (χ0v) is 21.4. The van der Waals surface area contributed by atoms with Gasteiger partial charge in [-0.15, -0.1) is 0 Å². The molecule has 0 atom stereocenters. The minimum Gasteiger partial charge on any atom is -0.489 e. The third-order valence-corrected chi connectivity index (χ3v) is 6.36. The molecule has 0 spiro atoms. The smallest absolute Gasteiger partial charge is 0.266 e. The van der Waals surface area contributed by atoms with Gasteiger partial charge in [-0.1, -0.05) is 54.1 Å². The Kier molecular flexibility index (Phi) is 7.17. The van der Waals surface area contributed by atoms with E-state index in [1.54, 1.807) is 48.5 Å². The highest BCUT2D eigenvalue weighted by Gasteiger charge is 2.36. The van der Waals surface area contributed by atoms with Crippen molar-refractivity contribution in [1.82, 2.24) is 5.32 Å². The Balaban J connectivity index is 1.19. The fraction of sp³-hybridized carbons (Fsp3) is 0.0345. The van der Waals surface area contributed by atoms with Crippen molar-refractivity contribution in [3.63, 3.8) is 0 Å². The molecule has 3 amide bonds. The minimum absolute atomic E-state index is 0.0434. The van der Waals surface area contributed by atoms with Gasteiger partial charge in [-0.3, -0.25) is 19.7 Å². The summed E-state index contributed by atoms with van der Waals surface area (Å²) in [6, 6.07) is 27.7. The summed E-state index contributed by atoms with van der Waals surface area (Å²) in [5.41, 5.74) is 2.76. The van der Waals surface area contributed by atoms with E-state index in [4.69, 9.17) is 28.6 Å². The van der Waals surface area contributed by atoms with Gasteiger partial charge in [0.25, 0.3) is 17.7 Å². The van der Waals surface area contributed by atoms with Crippen molar-refractivity contribution in [3.8, 4) is 5.75 Å². The van der Waals surface area contributed by atoms with Gasteiger partial charge in [0.1, 0.15) is 12.4 Å². The normalized spacial score (nSPS) is 12.2. The number of anilines is 2. The van der Waals surface area contributed by atoms with E-state index in [2.05, 4.69) is 10.6 Å². The molecule has 0 aliphatic carbocycles. The molecule has 2 N–H and O–H groups in total. The van der Waals surface area contributed by atoms with Crippen LogP contribution in [0.1, 0.15) is 36.6 Å². The number of ether oxygens (including phenoxy) is 1. The van der Waals surface area contributed by atoms with E-state index in [9.17, 15) is 14.4 Å². The van der Waals surface area contributed by atoms with Crippen molar-refractivity contribution in [1.29, 1.82) is 0 Å². The number of amides is 3. The second-order valence-corrected chi connectivity index (χ2v) is 9.18. The number of carbonyl (C=O) groups is 3. The standard InChI is InChI=1S/C29H20ClN3O4S/c30-24-16-20(33-27(35)22-8-4-5-9-23(22)28(33)36)14-15-25(24)31-29(38)32-26(34)19-12-10-18(11-13-19)17-37-21-6-2-1-3-7-21/h1-16H,17H2,(H2,31,32,34,38). The summed E-state index contributed by atoms with van der Waals surface area (Å²) in [4.78, 5) is 39.2. The Morgan fingerprint density at radius 2 is 1.47 bits per heavy atom. The second kappa shape index (κ2) is 10.8. The molecule has 1 aliphatic heterocycles. The summed E-state index contributed by atoms with van der Waals surface area (Å²) >= 11 is 11.7. The summed E-state index contributed by atoms with van der Waals surface area (Å²) in [6.45, 7) is 0.376. The molecule has 38 heavy (non-hydrogen) atoms. The molecule has 0 bridgehead atoms. The average molecular weight is 542 g/mol. The highest BCUT2D eigenvalue weighted by atomic mass is 35.5. The lowest BCUT2D eigenvalue weighted by Crippen LogP contribution is -2.34.